The lowest BCUT2D eigenvalue weighted by atomic mass is 9.81. The Morgan fingerprint density at radius 1 is 0.537 bits per heavy atom. The summed E-state index contributed by atoms with van der Waals surface area (Å²) in [5.74, 6) is -8.51. The number of alkyl carbamates (subject to hydrolysis) is 1. The van der Waals surface area contributed by atoms with Crippen LogP contribution in [0.4, 0.5) is 4.79 Å². The van der Waals surface area contributed by atoms with Gasteiger partial charge in [-0.2, -0.15) is 0 Å². The van der Waals surface area contributed by atoms with Gasteiger partial charge in [-0.25, -0.2) is 14.4 Å². The molecule has 2 fully saturated rings. The van der Waals surface area contributed by atoms with Gasteiger partial charge in [0, 0.05) is 84.2 Å². The maximum Gasteiger partial charge on any atom is 0.408 e. The number of rotatable bonds is 29. The Morgan fingerprint density at radius 3 is 1.54 bits per heavy atom. The second kappa shape index (κ2) is 32.6. The van der Waals surface area contributed by atoms with E-state index < -0.39 is 71.9 Å². The normalized spacial score (nSPS) is 18.3. The van der Waals surface area contributed by atoms with Crippen molar-refractivity contribution < 1.29 is 83.3 Å². The van der Waals surface area contributed by atoms with Gasteiger partial charge in [0.1, 0.15) is 12.1 Å². The van der Waals surface area contributed by atoms with E-state index in [1.54, 1.807) is 14.7 Å². The molecule has 0 bridgehead atoms. The first-order chi connectivity index (χ1) is 38.2. The number of carboxylic acids is 6. The monoisotopic (exact) mass is 1120 g/mol. The molecule has 1 saturated heterocycles. The average molecular weight is 1120 g/mol. The number of aliphatic carboxylic acids is 6. The molecule has 1 heterocycles. The molecule has 25 nitrogen and oxygen atoms in total. The zero-order valence-electron chi connectivity index (χ0n) is 44.9. The van der Waals surface area contributed by atoms with Gasteiger partial charge in [-0.1, -0.05) is 61.4 Å². The predicted octanol–water partition coefficient (Wildman–Crippen LogP) is 1.98. The number of unbranched alkanes of at least 4 members (excludes halogenated alkanes) is 2. The summed E-state index contributed by atoms with van der Waals surface area (Å²) in [7, 11) is 0. The first-order valence-corrected chi connectivity index (χ1v) is 27.2. The van der Waals surface area contributed by atoms with Crippen molar-refractivity contribution in [3.8, 4) is 0 Å². The third-order valence-corrected chi connectivity index (χ3v) is 14.5. The van der Waals surface area contributed by atoms with Gasteiger partial charge in [0.25, 0.3) is 0 Å². The van der Waals surface area contributed by atoms with Crippen LogP contribution in [0.1, 0.15) is 76.2 Å². The summed E-state index contributed by atoms with van der Waals surface area (Å²) in [6.07, 6.45) is -0.113. The van der Waals surface area contributed by atoms with Gasteiger partial charge < -0.3 is 56.6 Å². The van der Waals surface area contributed by atoms with Crippen LogP contribution in [-0.4, -0.2) is 220 Å². The molecule has 438 valence electrons. The molecule has 0 spiro atoms. The molecule has 3 aromatic carbocycles. The Hall–Kier alpha value is -7.48. The van der Waals surface area contributed by atoms with Gasteiger partial charge in [-0.05, 0) is 90.5 Å². The fourth-order valence-corrected chi connectivity index (χ4v) is 10.2. The Balaban J connectivity index is 1.16. The summed E-state index contributed by atoms with van der Waals surface area (Å²) < 4.78 is 4.88. The lowest BCUT2D eigenvalue weighted by Gasteiger charge is -2.33. The molecule has 10 N–H and O–H groups in total. The molecule has 0 radical (unpaired) electrons. The van der Waals surface area contributed by atoms with Crippen molar-refractivity contribution in [2.75, 3.05) is 91.6 Å². The van der Waals surface area contributed by atoms with E-state index in [2.05, 4.69) is 27.3 Å². The lowest BCUT2D eigenvalue weighted by molar-refractivity contribution is -0.148. The Morgan fingerprint density at radius 2 is 1.05 bits per heavy atom. The van der Waals surface area contributed by atoms with E-state index in [1.807, 2.05) is 53.4 Å². The number of nitrogens with zero attached hydrogens (tertiary/aromatic N) is 4. The minimum absolute atomic E-state index is 0.0281. The lowest BCUT2D eigenvalue weighted by Crippen LogP contribution is -2.50. The van der Waals surface area contributed by atoms with Crippen LogP contribution in [0.5, 0.6) is 0 Å². The number of benzene rings is 3. The SMILES string of the molecule is O=C(O)CCC[C@@H](OC(=O)N[C@@H](CCCCCNC(=O)[C@H](Cc1c2ccccc2cc2ccccc12)NC(=O)[C@H]1CC[C@H](CNC(=O)CN2CCN(CC(=O)O)CCN(CC(=O)O)CCN(CC(=O)O)CC2)CC1)C(=O)O)C(=O)O. The van der Waals surface area contributed by atoms with Gasteiger partial charge in [0.2, 0.25) is 23.8 Å². The molecule has 3 atom stereocenters. The summed E-state index contributed by atoms with van der Waals surface area (Å²) in [4.78, 5) is 130. The molecule has 1 aliphatic carbocycles. The number of nitrogens with one attached hydrogen (secondary N) is 4. The fourth-order valence-electron chi connectivity index (χ4n) is 10.2. The van der Waals surface area contributed by atoms with E-state index in [1.165, 1.54) is 0 Å². The van der Waals surface area contributed by atoms with Crippen molar-refractivity contribution in [2.45, 2.75) is 95.2 Å². The maximum absolute atomic E-state index is 14.2. The third kappa shape index (κ3) is 22.0. The van der Waals surface area contributed by atoms with Crippen LogP contribution in [0, 0.1) is 11.8 Å². The van der Waals surface area contributed by atoms with Crippen LogP contribution in [-0.2, 0) is 54.3 Å². The third-order valence-electron chi connectivity index (χ3n) is 14.5. The van der Waals surface area contributed by atoms with E-state index in [0.717, 1.165) is 27.1 Å². The number of amides is 4. The quantitative estimate of drug-likeness (QED) is 0.0351. The van der Waals surface area contributed by atoms with Gasteiger partial charge in [0.05, 0.1) is 26.2 Å². The molecular formula is C55H76N8O17. The van der Waals surface area contributed by atoms with Crippen LogP contribution < -0.4 is 21.3 Å². The summed E-state index contributed by atoms with van der Waals surface area (Å²) >= 11 is 0. The average Bonchev–Trinajstić information content (AvgIpc) is 3.53. The maximum atomic E-state index is 14.2. The largest absolute Gasteiger partial charge is 0.481 e. The molecule has 1 saturated carbocycles. The first kappa shape index (κ1) is 63.4. The minimum Gasteiger partial charge on any atom is -0.481 e. The van der Waals surface area contributed by atoms with Crippen LogP contribution in [0.25, 0.3) is 21.5 Å². The Kier molecular flexibility index (Phi) is 25.8. The number of hydrogen-bond acceptors (Lipinski definition) is 15. The zero-order valence-corrected chi connectivity index (χ0v) is 44.9. The van der Waals surface area contributed by atoms with Crippen molar-refractivity contribution >= 4 is 81.2 Å². The highest BCUT2D eigenvalue weighted by molar-refractivity contribution is 6.03. The molecule has 5 rings (SSSR count). The highest BCUT2D eigenvalue weighted by Gasteiger charge is 2.32. The van der Waals surface area contributed by atoms with E-state index >= 15 is 0 Å². The highest BCUT2D eigenvalue weighted by atomic mass is 16.6. The van der Waals surface area contributed by atoms with Crippen molar-refractivity contribution in [1.29, 1.82) is 0 Å². The summed E-state index contributed by atoms with van der Waals surface area (Å²) in [5, 5.41) is 71.5. The van der Waals surface area contributed by atoms with E-state index in [0.29, 0.717) is 64.6 Å². The zero-order chi connectivity index (χ0) is 58.1. The molecule has 25 heteroatoms. The van der Waals surface area contributed by atoms with Crippen molar-refractivity contribution in [3.63, 3.8) is 0 Å². The van der Waals surface area contributed by atoms with E-state index in [4.69, 9.17) is 9.84 Å². The smallest absolute Gasteiger partial charge is 0.408 e. The van der Waals surface area contributed by atoms with Gasteiger partial charge in [0.15, 0.2) is 0 Å². The first-order valence-electron chi connectivity index (χ1n) is 27.2. The molecule has 0 aromatic heterocycles. The van der Waals surface area contributed by atoms with Crippen LogP contribution >= 0.6 is 0 Å². The predicted molar refractivity (Wildman–Crippen MR) is 290 cm³/mol. The van der Waals surface area contributed by atoms with E-state index in [-0.39, 0.29) is 122 Å². The topological polar surface area (TPSA) is 362 Å². The van der Waals surface area contributed by atoms with Crippen LogP contribution in [0.15, 0.2) is 54.6 Å². The summed E-state index contributed by atoms with van der Waals surface area (Å²) in [5.41, 5.74) is 0.881. The second-order valence-corrected chi connectivity index (χ2v) is 20.6. The fraction of sp³-hybridized carbons (Fsp3) is 0.564. The molecular weight excluding hydrogens is 1040 g/mol. The number of ether oxygens (including phenoxy) is 1. The van der Waals surface area contributed by atoms with Crippen molar-refractivity contribution in [2.24, 2.45) is 11.8 Å². The summed E-state index contributed by atoms with van der Waals surface area (Å²) in [6, 6.07) is 15.3. The number of fused-ring (bicyclic) bond motifs is 2. The van der Waals surface area contributed by atoms with Gasteiger partial charge in [-0.3, -0.25) is 53.2 Å². The highest BCUT2D eigenvalue weighted by Crippen LogP contribution is 2.31. The van der Waals surface area contributed by atoms with Gasteiger partial charge in [-0.15, -0.1) is 0 Å². The molecule has 4 amide bonds. The van der Waals surface area contributed by atoms with Crippen LogP contribution in [0.2, 0.25) is 0 Å². The molecule has 2 aliphatic rings. The molecule has 3 aromatic rings. The standard InChI is InChI=1S/C55H76N8O17/c64-46(32-60-21-23-61(33-48(67)68)25-27-63(35-50(71)72)28-26-62(24-22-60)34-49(69)70)57-31-36-16-18-37(19-17-36)51(73)58-44(30-42-40-11-5-3-9-38(40)29-39-10-4-6-12-41(39)42)52(74)56-20-7-1-2-13-43(53(75)76)59-55(79)80-45(54(77)78)14-8-15-47(65)66/h3-6,9-12,29,36-37,43-45H,1-2,7-8,13-28,30-35H2,(H,56,74)(H,57,64)(H,58,73)(H,59,79)(H,65,66)(H,67,68)(H,69,70)(H,71,72)(H,75,76)(H,77,78)/t36-,37-,43-,44-,45+/m0/s1. The molecule has 0 unspecified atom stereocenters. The summed E-state index contributed by atoms with van der Waals surface area (Å²) in [6.45, 7) is 1.80. The minimum atomic E-state index is -1.67. The molecule has 80 heavy (non-hydrogen) atoms. The van der Waals surface area contributed by atoms with E-state index in [9.17, 15) is 73.5 Å². The van der Waals surface area contributed by atoms with Gasteiger partial charge >= 0.3 is 41.9 Å². The number of carboxylic acid groups (broad SMARTS) is 6. The Labute approximate surface area is 462 Å². The van der Waals surface area contributed by atoms with Crippen molar-refractivity contribution in [1.82, 2.24) is 40.9 Å². The number of carbonyl (C=O) groups is 10. The Bertz CT molecular complexity index is 2540. The van der Waals surface area contributed by atoms with Crippen molar-refractivity contribution in [3.05, 3.63) is 60.2 Å². The van der Waals surface area contributed by atoms with Crippen LogP contribution in [0.3, 0.4) is 0 Å². The number of hydrogen-bond donors (Lipinski definition) is 10. The second-order valence-electron chi connectivity index (χ2n) is 20.6. The number of carbonyl (C=O) groups excluding carboxylic acids is 4. The molecule has 1 aliphatic heterocycles.